The van der Waals surface area contributed by atoms with Crippen molar-refractivity contribution in [1.82, 2.24) is 0 Å². The van der Waals surface area contributed by atoms with Gasteiger partial charge in [0.25, 0.3) is 0 Å². The maximum atomic E-state index is 6.10. The molecule has 2 aliphatic rings. The molecule has 3 nitrogen and oxygen atoms in total. The zero-order valence-corrected chi connectivity index (χ0v) is 17.2. The summed E-state index contributed by atoms with van der Waals surface area (Å²) in [5, 5.41) is 4.39. The quantitative estimate of drug-likeness (QED) is 0.282. The van der Waals surface area contributed by atoms with E-state index in [-0.39, 0.29) is 0 Å². The van der Waals surface area contributed by atoms with Gasteiger partial charge in [-0.25, -0.2) is 0 Å². The highest BCUT2D eigenvalue weighted by Crippen LogP contribution is 2.36. The predicted octanol–water partition coefficient (Wildman–Crippen LogP) is 5.47. The van der Waals surface area contributed by atoms with E-state index in [0.717, 1.165) is 49.8 Å². The van der Waals surface area contributed by atoms with Crippen LogP contribution in [0.2, 0.25) is 0 Å². The van der Waals surface area contributed by atoms with Gasteiger partial charge < -0.3 is 10.6 Å². The zero-order chi connectivity index (χ0) is 19.9. The highest BCUT2D eigenvalue weighted by Gasteiger charge is 2.26. The van der Waals surface area contributed by atoms with Crippen LogP contribution in [-0.2, 0) is 17.7 Å². The Labute approximate surface area is 170 Å². The van der Waals surface area contributed by atoms with E-state index < -0.39 is 0 Å². The summed E-state index contributed by atoms with van der Waals surface area (Å²) in [5.41, 5.74) is 12.8. The summed E-state index contributed by atoms with van der Waals surface area (Å²) in [4.78, 5) is 5.57. The van der Waals surface area contributed by atoms with Gasteiger partial charge in [-0.2, -0.15) is 0 Å². The van der Waals surface area contributed by atoms with Crippen LogP contribution in [0.4, 0.5) is 0 Å². The van der Waals surface area contributed by atoms with Crippen molar-refractivity contribution >= 4 is 5.71 Å². The molecular weight excluding hydrogens is 344 g/mol. The van der Waals surface area contributed by atoms with Crippen molar-refractivity contribution < 1.29 is 4.84 Å². The first-order valence-corrected chi connectivity index (χ1v) is 10.6. The van der Waals surface area contributed by atoms with Crippen LogP contribution in [0.15, 0.2) is 60.3 Å². The summed E-state index contributed by atoms with van der Waals surface area (Å²) in [6, 6.07) is 7.50. The van der Waals surface area contributed by atoms with Crippen LogP contribution in [0, 0.1) is 5.92 Å². The van der Waals surface area contributed by atoms with Gasteiger partial charge in [0.15, 0.2) is 0 Å². The second kappa shape index (κ2) is 9.88. The van der Waals surface area contributed by atoms with Gasteiger partial charge in [-0.3, -0.25) is 0 Å². The number of rotatable bonds is 8. The van der Waals surface area contributed by atoms with E-state index in [1.807, 2.05) is 12.2 Å². The number of hydrogen-bond donors (Lipinski definition) is 1. The van der Waals surface area contributed by atoms with Crippen LogP contribution in [0.3, 0.4) is 0 Å². The van der Waals surface area contributed by atoms with Gasteiger partial charge in [-0.05, 0) is 73.6 Å². The van der Waals surface area contributed by atoms with Crippen molar-refractivity contribution in [2.45, 2.75) is 63.8 Å². The second-order valence-electron chi connectivity index (χ2n) is 8.24. The van der Waals surface area contributed by atoms with E-state index in [0.29, 0.717) is 24.5 Å². The topological polar surface area (TPSA) is 47.6 Å². The van der Waals surface area contributed by atoms with Crippen molar-refractivity contribution in [3.63, 3.8) is 0 Å². The Morgan fingerprint density at radius 2 is 2.11 bits per heavy atom. The van der Waals surface area contributed by atoms with Gasteiger partial charge in [0.05, 0.1) is 5.71 Å². The fourth-order valence-corrected chi connectivity index (χ4v) is 4.49. The smallest absolute Gasteiger partial charge is 0.121 e. The molecule has 3 atom stereocenters. The molecule has 0 spiro atoms. The minimum atomic E-state index is 0.388. The number of allylic oxidation sites excluding steroid dienone is 3. The van der Waals surface area contributed by atoms with Gasteiger partial charge in [0.2, 0.25) is 0 Å². The van der Waals surface area contributed by atoms with Crippen LogP contribution >= 0.6 is 0 Å². The molecule has 2 aliphatic carbocycles. The summed E-state index contributed by atoms with van der Waals surface area (Å²) in [6.07, 6.45) is 13.2. The summed E-state index contributed by atoms with van der Waals surface area (Å²) in [5.74, 6) is 1.13. The monoisotopic (exact) mass is 378 g/mol. The largest absolute Gasteiger partial charge is 0.396 e. The maximum Gasteiger partial charge on any atom is 0.121 e. The van der Waals surface area contributed by atoms with Crippen LogP contribution in [0.5, 0.6) is 0 Å². The zero-order valence-electron chi connectivity index (χ0n) is 17.2. The van der Waals surface area contributed by atoms with Crippen molar-refractivity contribution in [2.24, 2.45) is 16.8 Å². The molecule has 0 aromatic heterocycles. The minimum Gasteiger partial charge on any atom is -0.396 e. The lowest BCUT2D eigenvalue weighted by Crippen LogP contribution is -2.21. The lowest BCUT2D eigenvalue weighted by atomic mass is 9.80. The molecule has 1 saturated carbocycles. The normalized spacial score (nSPS) is 25.3. The third-order valence-electron chi connectivity index (χ3n) is 6.28. The Morgan fingerprint density at radius 3 is 2.82 bits per heavy atom. The van der Waals surface area contributed by atoms with Crippen molar-refractivity contribution in [2.75, 3.05) is 6.61 Å². The van der Waals surface area contributed by atoms with Gasteiger partial charge >= 0.3 is 0 Å². The Hall–Kier alpha value is -2.13. The molecule has 3 unspecified atom stereocenters. The van der Waals surface area contributed by atoms with E-state index in [1.54, 1.807) is 6.08 Å². The van der Waals surface area contributed by atoms with Crippen LogP contribution in [0.1, 0.15) is 61.6 Å². The molecule has 0 saturated heterocycles. The van der Waals surface area contributed by atoms with Crippen molar-refractivity contribution in [1.29, 1.82) is 0 Å². The fourth-order valence-electron chi connectivity index (χ4n) is 4.49. The lowest BCUT2D eigenvalue weighted by Gasteiger charge is -2.25. The molecule has 0 radical (unpaired) electrons. The van der Waals surface area contributed by atoms with Gasteiger partial charge in [-0.1, -0.05) is 54.7 Å². The number of nitrogens with zero attached hydrogens (tertiary/aromatic N) is 1. The Kier molecular flexibility index (Phi) is 7.27. The van der Waals surface area contributed by atoms with Crippen molar-refractivity contribution in [3.8, 4) is 0 Å². The molecule has 1 aromatic rings. The highest BCUT2D eigenvalue weighted by molar-refractivity contribution is 5.84. The molecule has 3 heteroatoms. The molecule has 1 aromatic carbocycles. The fraction of sp³-hybridized carbons (Fsp3) is 0.480. The highest BCUT2D eigenvalue weighted by atomic mass is 16.6. The molecule has 1 fully saturated rings. The lowest BCUT2D eigenvalue weighted by molar-refractivity contribution is 0.146. The molecule has 0 aliphatic heterocycles. The maximum absolute atomic E-state index is 6.10. The Morgan fingerprint density at radius 1 is 1.25 bits per heavy atom. The Balaban J connectivity index is 1.55. The molecule has 0 amide bonds. The van der Waals surface area contributed by atoms with Gasteiger partial charge in [0, 0.05) is 18.4 Å². The van der Waals surface area contributed by atoms with Crippen LogP contribution < -0.4 is 5.73 Å². The first-order chi connectivity index (χ1) is 13.6. The number of oxime groups is 1. The summed E-state index contributed by atoms with van der Waals surface area (Å²) in [7, 11) is 0. The first kappa shape index (κ1) is 20.6. The van der Waals surface area contributed by atoms with E-state index >= 15 is 0 Å². The Bertz CT molecular complexity index is 762. The second-order valence-corrected chi connectivity index (χ2v) is 8.24. The molecule has 150 valence electrons. The number of nitrogens with two attached hydrogens (primary N) is 1. The van der Waals surface area contributed by atoms with Crippen LogP contribution in [0.25, 0.3) is 0 Å². The SMILES string of the molecule is C=C/C=C(\C=C)CCO/N=C(\C)C1CCc2cc(C3CCC(N)C3)ccc2C1. The minimum absolute atomic E-state index is 0.388. The van der Waals surface area contributed by atoms with Gasteiger partial charge in [0.1, 0.15) is 6.61 Å². The molecule has 3 rings (SSSR count). The first-order valence-electron chi connectivity index (χ1n) is 10.6. The molecule has 0 heterocycles. The molecule has 0 bridgehead atoms. The van der Waals surface area contributed by atoms with Crippen LogP contribution in [-0.4, -0.2) is 18.4 Å². The van der Waals surface area contributed by atoms with Gasteiger partial charge in [-0.15, -0.1) is 0 Å². The molecule has 28 heavy (non-hydrogen) atoms. The van der Waals surface area contributed by atoms with Crippen molar-refractivity contribution in [3.05, 3.63) is 71.8 Å². The third-order valence-corrected chi connectivity index (χ3v) is 6.28. The number of benzene rings is 1. The number of fused-ring (bicyclic) bond motifs is 1. The predicted molar refractivity (Wildman–Crippen MR) is 119 cm³/mol. The third kappa shape index (κ3) is 5.23. The summed E-state index contributed by atoms with van der Waals surface area (Å²) < 4.78 is 0. The number of hydrogen-bond acceptors (Lipinski definition) is 3. The van der Waals surface area contributed by atoms with E-state index in [2.05, 4.69) is 43.4 Å². The molecular formula is C25H34N2O. The average Bonchev–Trinajstić information content (AvgIpc) is 3.15. The summed E-state index contributed by atoms with van der Waals surface area (Å²) in [6.45, 7) is 10.2. The van der Waals surface area contributed by atoms with E-state index in [9.17, 15) is 0 Å². The summed E-state index contributed by atoms with van der Waals surface area (Å²) >= 11 is 0. The van der Waals surface area contributed by atoms with E-state index in [4.69, 9.17) is 10.6 Å². The standard InChI is InChI=1S/C25H34N2O/c1-4-6-19(5-2)13-14-28-27-18(3)20-7-8-22-16-23(10-9-21(22)15-20)24-11-12-25(26)17-24/h4-6,9-10,16,20,24-25H,1-2,7-8,11-15,17,26H2,3H3/b19-6+,27-18+. The average molecular weight is 379 g/mol. The number of aryl methyl sites for hydroxylation is 1. The van der Waals surface area contributed by atoms with E-state index in [1.165, 1.54) is 23.1 Å². The molecule has 2 N–H and O–H groups in total.